The molecule has 0 atom stereocenters. The van der Waals surface area contributed by atoms with Crippen LogP contribution in [0.1, 0.15) is 81.4 Å². The lowest BCUT2D eigenvalue weighted by Crippen LogP contribution is -1.82. The zero-order chi connectivity index (χ0) is 14.6. The minimum absolute atomic E-state index is 1.04. The highest BCUT2D eigenvalue weighted by atomic mass is 14.0. The monoisotopic (exact) mass is 270 g/mol. The van der Waals surface area contributed by atoms with Gasteiger partial charge in [0.25, 0.3) is 0 Å². The van der Waals surface area contributed by atoms with Crippen LogP contribution >= 0.6 is 0 Å². The van der Waals surface area contributed by atoms with Crippen molar-refractivity contribution in [2.24, 2.45) is 0 Å². The molecule has 0 N–H and O–H groups in total. The lowest BCUT2D eigenvalue weighted by Gasteiger charge is -1.99. The summed E-state index contributed by atoms with van der Waals surface area (Å²) in [5.74, 6) is 6.61. The molecule has 110 valence electrons. The number of aryl methyl sites for hydroxylation is 2. The van der Waals surface area contributed by atoms with E-state index in [1.807, 2.05) is 0 Å². The molecule has 0 bridgehead atoms. The molecule has 0 unspecified atom stereocenters. The van der Waals surface area contributed by atoms with Crippen LogP contribution in [0.15, 0.2) is 18.2 Å². The van der Waals surface area contributed by atoms with Gasteiger partial charge in [-0.1, -0.05) is 69.8 Å². The van der Waals surface area contributed by atoms with Crippen molar-refractivity contribution in [2.75, 3.05) is 0 Å². The molecular weight excluding hydrogens is 240 g/mol. The predicted molar refractivity (Wildman–Crippen MR) is 90.0 cm³/mol. The van der Waals surface area contributed by atoms with Crippen LogP contribution < -0.4 is 0 Å². The summed E-state index contributed by atoms with van der Waals surface area (Å²) in [6.07, 6.45) is 12.0. The van der Waals surface area contributed by atoms with Gasteiger partial charge in [-0.15, -0.1) is 0 Å². The van der Waals surface area contributed by atoms with Crippen molar-refractivity contribution in [1.29, 1.82) is 0 Å². The van der Waals surface area contributed by atoms with Crippen LogP contribution in [0.4, 0.5) is 0 Å². The van der Waals surface area contributed by atoms with E-state index >= 15 is 0 Å². The third kappa shape index (κ3) is 8.05. The van der Waals surface area contributed by atoms with E-state index in [4.69, 9.17) is 0 Å². The van der Waals surface area contributed by atoms with Crippen molar-refractivity contribution >= 4 is 0 Å². The summed E-state index contributed by atoms with van der Waals surface area (Å²) >= 11 is 0. The smallest absolute Gasteiger partial charge is 0.0250 e. The van der Waals surface area contributed by atoms with Gasteiger partial charge in [-0.2, -0.15) is 0 Å². The van der Waals surface area contributed by atoms with E-state index in [9.17, 15) is 0 Å². The number of rotatable bonds is 8. The highest BCUT2D eigenvalue weighted by Crippen LogP contribution is 2.10. The molecule has 0 heteroatoms. The van der Waals surface area contributed by atoms with Crippen LogP contribution in [-0.2, 0) is 0 Å². The minimum atomic E-state index is 1.04. The number of hydrogen-bond acceptors (Lipinski definition) is 0. The number of unbranched alkanes of at least 4 members (excludes halogenated alkanes) is 8. The van der Waals surface area contributed by atoms with Crippen molar-refractivity contribution in [3.8, 4) is 11.8 Å². The van der Waals surface area contributed by atoms with E-state index in [0.29, 0.717) is 0 Å². The van der Waals surface area contributed by atoms with Crippen molar-refractivity contribution in [1.82, 2.24) is 0 Å². The van der Waals surface area contributed by atoms with Crippen molar-refractivity contribution in [3.05, 3.63) is 34.9 Å². The molecule has 0 saturated heterocycles. The molecular formula is C20H30. The van der Waals surface area contributed by atoms with Crippen LogP contribution in [-0.4, -0.2) is 0 Å². The molecule has 0 aliphatic heterocycles. The van der Waals surface area contributed by atoms with Gasteiger partial charge in [-0.05, 0) is 43.5 Å². The first kappa shape index (κ1) is 16.8. The molecule has 0 amide bonds. The van der Waals surface area contributed by atoms with Gasteiger partial charge in [0, 0.05) is 12.0 Å². The molecule has 0 nitrogen and oxygen atoms in total. The average Bonchev–Trinajstić information content (AvgIpc) is 2.40. The Morgan fingerprint density at radius 3 is 1.90 bits per heavy atom. The van der Waals surface area contributed by atoms with Crippen LogP contribution in [0.2, 0.25) is 0 Å². The SMILES string of the molecule is CCCCCCCCCCC#Cc1cc(C)cc(C)c1. The first-order valence-corrected chi connectivity index (χ1v) is 8.29. The first-order valence-electron chi connectivity index (χ1n) is 8.29. The Labute approximate surface area is 126 Å². The molecule has 0 aromatic heterocycles. The Kier molecular flexibility index (Phi) is 8.88. The van der Waals surface area contributed by atoms with Crippen molar-refractivity contribution in [2.45, 2.75) is 78.6 Å². The molecule has 0 spiro atoms. The summed E-state index contributed by atoms with van der Waals surface area (Å²) in [6.45, 7) is 6.54. The quantitative estimate of drug-likeness (QED) is 0.390. The van der Waals surface area contributed by atoms with E-state index in [-0.39, 0.29) is 0 Å². The zero-order valence-corrected chi connectivity index (χ0v) is 13.6. The third-order valence-corrected chi connectivity index (χ3v) is 3.61. The first-order chi connectivity index (χ1) is 9.72. The van der Waals surface area contributed by atoms with Gasteiger partial charge in [-0.3, -0.25) is 0 Å². The Balaban J connectivity index is 2.11. The van der Waals surface area contributed by atoms with E-state index in [1.165, 1.54) is 68.1 Å². The fraction of sp³-hybridized carbons (Fsp3) is 0.600. The summed E-state index contributed by atoms with van der Waals surface area (Å²) in [4.78, 5) is 0. The summed E-state index contributed by atoms with van der Waals surface area (Å²) in [6, 6.07) is 6.55. The molecule has 1 aromatic rings. The van der Waals surface area contributed by atoms with Gasteiger partial charge < -0.3 is 0 Å². The topological polar surface area (TPSA) is 0 Å². The van der Waals surface area contributed by atoms with Gasteiger partial charge in [0.1, 0.15) is 0 Å². The maximum absolute atomic E-state index is 3.32. The van der Waals surface area contributed by atoms with Gasteiger partial charge in [0.2, 0.25) is 0 Å². The van der Waals surface area contributed by atoms with Gasteiger partial charge in [0.05, 0.1) is 0 Å². The molecule has 0 aliphatic carbocycles. The van der Waals surface area contributed by atoms with E-state index in [1.54, 1.807) is 0 Å². The molecule has 0 fully saturated rings. The predicted octanol–water partition coefficient (Wildman–Crippen LogP) is 6.19. The maximum atomic E-state index is 3.32. The molecule has 1 rings (SSSR count). The molecule has 1 aromatic carbocycles. The van der Waals surface area contributed by atoms with Gasteiger partial charge in [-0.25, -0.2) is 0 Å². The normalized spacial score (nSPS) is 10.2. The highest BCUT2D eigenvalue weighted by Gasteiger charge is 1.92. The van der Waals surface area contributed by atoms with Crippen LogP contribution in [0.25, 0.3) is 0 Å². The largest absolute Gasteiger partial charge is 0.0979 e. The minimum Gasteiger partial charge on any atom is -0.0979 e. The maximum Gasteiger partial charge on any atom is 0.0250 e. The lowest BCUT2D eigenvalue weighted by atomic mass is 10.1. The lowest BCUT2D eigenvalue weighted by molar-refractivity contribution is 0.579. The standard InChI is InChI=1S/C20H30/c1-4-5-6-7-8-9-10-11-12-13-14-20-16-18(2)15-19(3)17-20/h15-17H,4-12H2,1-3H3. The number of hydrogen-bond donors (Lipinski definition) is 0. The molecule has 0 heterocycles. The Bertz CT molecular complexity index is 411. The Morgan fingerprint density at radius 2 is 1.30 bits per heavy atom. The van der Waals surface area contributed by atoms with Crippen LogP contribution in [0.5, 0.6) is 0 Å². The zero-order valence-electron chi connectivity index (χ0n) is 13.6. The van der Waals surface area contributed by atoms with E-state index < -0.39 is 0 Å². The molecule has 0 saturated carbocycles. The fourth-order valence-corrected chi connectivity index (χ4v) is 2.56. The van der Waals surface area contributed by atoms with Crippen LogP contribution in [0, 0.1) is 25.7 Å². The summed E-state index contributed by atoms with van der Waals surface area (Å²) in [5.41, 5.74) is 3.78. The second-order valence-corrected chi connectivity index (χ2v) is 5.90. The van der Waals surface area contributed by atoms with Crippen molar-refractivity contribution < 1.29 is 0 Å². The Hall–Kier alpha value is -1.22. The van der Waals surface area contributed by atoms with E-state index in [2.05, 4.69) is 50.8 Å². The summed E-state index contributed by atoms with van der Waals surface area (Å²) < 4.78 is 0. The number of benzene rings is 1. The third-order valence-electron chi connectivity index (χ3n) is 3.61. The Morgan fingerprint density at radius 1 is 0.750 bits per heavy atom. The molecule has 0 radical (unpaired) electrons. The van der Waals surface area contributed by atoms with E-state index in [0.717, 1.165) is 6.42 Å². The average molecular weight is 270 g/mol. The summed E-state index contributed by atoms with van der Waals surface area (Å²) in [5, 5.41) is 0. The van der Waals surface area contributed by atoms with Gasteiger partial charge in [0.15, 0.2) is 0 Å². The second kappa shape index (κ2) is 10.6. The van der Waals surface area contributed by atoms with Gasteiger partial charge >= 0.3 is 0 Å². The fourth-order valence-electron chi connectivity index (χ4n) is 2.56. The highest BCUT2D eigenvalue weighted by molar-refractivity contribution is 5.39. The molecule has 0 aliphatic rings. The second-order valence-electron chi connectivity index (χ2n) is 5.90. The van der Waals surface area contributed by atoms with Crippen molar-refractivity contribution in [3.63, 3.8) is 0 Å². The molecule has 20 heavy (non-hydrogen) atoms. The summed E-state index contributed by atoms with van der Waals surface area (Å²) in [7, 11) is 0. The van der Waals surface area contributed by atoms with Crippen LogP contribution in [0.3, 0.4) is 0 Å².